The quantitative estimate of drug-likeness (QED) is 0.574. The van der Waals surface area contributed by atoms with Gasteiger partial charge in [0.05, 0.1) is 0 Å². The normalized spacial score (nSPS) is 10.7. The van der Waals surface area contributed by atoms with Crippen LogP contribution < -0.4 is 5.32 Å². The number of nitrogens with one attached hydrogen (secondary N) is 1. The number of carbonyl (C=O) groups excluding carboxylic acids is 2. The molecule has 3 aromatic carbocycles. The first-order valence-electron chi connectivity index (χ1n) is 10.0. The molecule has 0 spiro atoms. The monoisotopic (exact) mass is 398 g/mol. The van der Waals surface area contributed by atoms with Crippen molar-refractivity contribution in [2.75, 3.05) is 13.6 Å². The fourth-order valence-corrected chi connectivity index (χ4v) is 3.14. The van der Waals surface area contributed by atoms with Gasteiger partial charge in [0.2, 0.25) is 5.91 Å². The molecule has 4 nitrogen and oxygen atoms in total. The van der Waals surface area contributed by atoms with Crippen molar-refractivity contribution in [3.8, 4) is 0 Å². The lowest BCUT2D eigenvalue weighted by Gasteiger charge is -2.21. The van der Waals surface area contributed by atoms with E-state index in [1.165, 1.54) is 5.56 Å². The zero-order chi connectivity index (χ0) is 21.2. The molecule has 3 aromatic rings. The molecule has 0 fully saturated rings. The Kier molecular flexibility index (Phi) is 7.56. The van der Waals surface area contributed by atoms with Gasteiger partial charge in [0.25, 0.3) is 5.91 Å². The van der Waals surface area contributed by atoms with Gasteiger partial charge in [-0.05, 0) is 41.3 Å². The third-order valence-electron chi connectivity index (χ3n) is 4.86. The molecule has 0 atom stereocenters. The predicted molar refractivity (Wildman–Crippen MR) is 121 cm³/mol. The van der Waals surface area contributed by atoms with Gasteiger partial charge in [0.1, 0.15) is 0 Å². The molecule has 0 heterocycles. The minimum atomic E-state index is -0.128. The zero-order valence-corrected chi connectivity index (χ0v) is 17.1. The summed E-state index contributed by atoms with van der Waals surface area (Å²) in [5, 5.41) is 2.60. The second kappa shape index (κ2) is 10.8. The Morgan fingerprint density at radius 1 is 0.833 bits per heavy atom. The maximum atomic E-state index is 12.9. The minimum Gasteiger partial charge on any atom is -0.355 e. The van der Waals surface area contributed by atoms with Crippen LogP contribution in [0, 0.1) is 0 Å². The van der Waals surface area contributed by atoms with E-state index in [2.05, 4.69) is 17.4 Å². The van der Waals surface area contributed by atoms with Crippen LogP contribution in [0.4, 0.5) is 0 Å². The highest BCUT2D eigenvalue weighted by molar-refractivity contribution is 5.94. The first-order valence-corrected chi connectivity index (χ1v) is 10.0. The Morgan fingerprint density at radius 3 is 2.03 bits per heavy atom. The molecule has 4 heteroatoms. The van der Waals surface area contributed by atoms with E-state index in [1.54, 1.807) is 31.3 Å². The van der Waals surface area contributed by atoms with Gasteiger partial charge < -0.3 is 10.2 Å². The van der Waals surface area contributed by atoms with Crippen LogP contribution in [0.3, 0.4) is 0 Å². The van der Waals surface area contributed by atoms with Gasteiger partial charge in [0, 0.05) is 31.8 Å². The van der Waals surface area contributed by atoms with Crippen LogP contribution in [0.5, 0.6) is 0 Å². The topological polar surface area (TPSA) is 49.4 Å². The molecule has 1 N–H and O–H groups in total. The lowest BCUT2D eigenvalue weighted by molar-refractivity contribution is -0.126. The Labute approximate surface area is 177 Å². The average molecular weight is 399 g/mol. The van der Waals surface area contributed by atoms with Gasteiger partial charge in [-0.15, -0.1) is 0 Å². The van der Waals surface area contributed by atoms with Crippen LogP contribution in [-0.4, -0.2) is 30.3 Å². The summed E-state index contributed by atoms with van der Waals surface area (Å²) in [6.07, 6.45) is 4.19. The SMILES string of the molecule is CNC(=O)c1ccc(/C=C/C(=O)N(CCc2ccccc2)Cc2ccccc2)cc1. The summed E-state index contributed by atoms with van der Waals surface area (Å²) in [6.45, 7) is 1.20. The molecular formula is C26H26N2O2. The van der Waals surface area contributed by atoms with Gasteiger partial charge in [-0.25, -0.2) is 0 Å². The van der Waals surface area contributed by atoms with Crippen LogP contribution in [0.25, 0.3) is 6.08 Å². The van der Waals surface area contributed by atoms with Crippen molar-refractivity contribution in [3.63, 3.8) is 0 Å². The molecule has 0 unspecified atom stereocenters. The molecule has 0 aromatic heterocycles. The van der Waals surface area contributed by atoms with Crippen molar-refractivity contribution in [1.29, 1.82) is 0 Å². The van der Waals surface area contributed by atoms with Crippen LogP contribution >= 0.6 is 0 Å². The molecule has 152 valence electrons. The highest BCUT2D eigenvalue weighted by Crippen LogP contribution is 2.10. The predicted octanol–water partition coefficient (Wildman–Crippen LogP) is 4.33. The Bertz CT molecular complexity index is 981. The zero-order valence-electron chi connectivity index (χ0n) is 17.1. The third kappa shape index (κ3) is 6.17. The smallest absolute Gasteiger partial charge is 0.251 e. The van der Waals surface area contributed by atoms with Crippen molar-refractivity contribution in [3.05, 3.63) is 113 Å². The van der Waals surface area contributed by atoms with Crippen molar-refractivity contribution >= 4 is 17.9 Å². The summed E-state index contributed by atoms with van der Waals surface area (Å²) >= 11 is 0. The van der Waals surface area contributed by atoms with E-state index in [9.17, 15) is 9.59 Å². The molecule has 0 aliphatic rings. The molecule has 0 aliphatic carbocycles. The molecule has 0 radical (unpaired) electrons. The lowest BCUT2D eigenvalue weighted by atomic mass is 10.1. The number of amides is 2. The molecule has 0 aliphatic heterocycles. The molecule has 30 heavy (non-hydrogen) atoms. The number of hydrogen-bond acceptors (Lipinski definition) is 2. The number of benzene rings is 3. The van der Waals surface area contributed by atoms with Crippen LogP contribution in [0.15, 0.2) is 91.0 Å². The van der Waals surface area contributed by atoms with Gasteiger partial charge in [-0.2, -0.15) is 0 Å². The highest BCUT2D eigenvalue weighted by atomic mass is 16.2. The van der Waals surface area contributed by atoms with Gasteiger partial charge >= 0.3 is 0 Å². The summed E-state index contributed by atoms with van der Waals surface area (Å²) in [4.78, 5) is 26.5. The van der Waals surface area contributed by atoms with E-state index in [0.717, 1.165) is 17.5 Å². The van der Waals surface area contributed by atoms with Crippen LogP contribution in [0.1, 0.15) is 27.0 Å². The fourth-order valence-electron chi connectivity index (χ4n) is 3.14. The molecule has 0 bridgehead atoms. The highest BCUT2D eigenvalue weighted by Gasteiger charge is 2.12. The van der Waals surface area contributed by atoms with Crippen molar-refractivity contribution in [2.45, 2.75) is 13.0 Å². The van der Waals surface area contributed by atoms with E-state index in [-0.39, 0.29) is 11.8 Å². The Morgan fingerprint density at radius 2 is 1.43 bits per heavy atom. The van der Waals surface area contributed by atoms with Crippen LogP contribution in [-0.2, 0) is 17.8 Å². The molecule has 0 saturated heterocycles. The second-order valence-corrected chi connectivity index (χ2v) is 7.02. The average Bonchev–Trinajstić information content (AvgIpc) is 2.81. The van der Waals surface area contributed by atoms with Crippen molar-refractivity contribution in [2.24, 2.45) is 0 Å². The molecular weight excluding hydrogens is 372 g/mol. The first-order chi connectivity index (χ1) is 14.7. The summed E-state index contributed by atoms with van der Waals surface area (Å²) in [5.74, 6) is -0.165. The number of carbonyl (C=O) groups is 2. The van der Waals surface area contributed by atoms with E-state index < -0.39 is 0 Å². The van der Waals surface area contributed by atoms with Gasteiger partial charge in [-0.1, -0.05) is 72.8 Å². The Hall–Kier alpha value is -3.66. The first kappa shape index (κ1) is 21.1. The molecule has 2 amide bonds. The fraction of sp³-hybridized carbons (Fsp3) is 0.154. The maximum absolute atomic E-state index is 12.9. The van der Waals surface area contributed by atoms with E-state index in [4.69, 9.17) is 0 Å². The summed E-state index contributed by atoms with van der Waals surface area (Å²) < 4.78 is 0. The number of hydrogen-bond donors (Lipinski definition) is 1. The van der Waals surface area contributed by atoms with E-state index in [1.807, 2.05) is 65.6 Å². The van der Waals surface area contributed by atoms with E-state index in [0.29, 0.717) is 18.7 Å². The van der Waals surface area contributed by atoms with Gasteiger partial charge in [-0.3, -0.25) is 9.59 Å². The minimum absolute atomic E-state index is 0.0369. The Balaban J connectivity index is 1.70. The van der Waals surface area contributed by atoms with Crippen molar-refractivity contribution < 1.29 is 9.59 Å². The summed E-state index contributed by atoms with van der Waals surface area (Å²) in [6, 6.07) is 27.4. The number of nitrogens with zero attached hydrogens (tertiary/aromatic N) is 1. The second-order valence-electron chi connectivity index (χ2n) is 7.02. The number of rotatable bonds is 8. The largest absolute Gasteiger partial charge is 0.355 e. The van der Waals surface area contributed by atoms with E-state index >= 15 is 0 Å². The van der Waals surface area contributed by atoms with Crippen molar-refractivity contribution in [1.82, 2.24) is 10.2 Å². The maximum Gasteiger partial charge on any atom is 0.251 e. The lowest BCUT2D eigenvalue weighted by Crippen LogP contribution is -2.31. The summed E-state index contributed by atoms with van der Waals surface area (Å²) in [5.41, 5.74) is 3.77. The standard InChI is InChI=1S/C26H26N2O2/c1-27-26(30)24-15-12-22(13-16-24)14-17-25(29)28(20-23-10-6-3-7-11-23)19-18-21-8-4-2-5-9-21/h2-17H,18-20H2,1H3,(H,27,30)/b17-14+. The third-order valence-corrected chi connectivity index (χ3v) is 4.86. The van der Waals surface area contributed by atoms with Crippen LogP contribution in [0.2, 0.25) is 0 Å². The van der Waals surface area contributed by atoms with Gasteiger partial charge in [0.15, 0.2) is 0 Å². The molecule has 0 saturated carbocycles. The molecule has 3 rings (SSSR count). The summed E-state index contributed by atoms with van der Waals surface area (Å²) in [7, 11) is 1.60.